The summed E-state index contributed by atoms with van der Waals surface area (Å²) in [6, 6.07) is 11.6. The minimum Gasteiger partial charge on any atom is -0.469 e. The Morgan fingerprint density at radius 2 is 2.12 bits per heavy atom. The molecule has 3 heterocycles. The van der Waals surface area contributed by atoms with Crippen molar-refractivity contribution in [1.82, 2.24) is 9.88 Å². The summed E-state index contributed by atoms with van der Waals surface area (Å²) in [7, 11) is 0. The Morgan fingerprint density at radius 3 is 2.88 bits per heavy atom. The third-order valence-corrected chi connectivity index (χ3v) is 5.27. The molecule has 5 nitrogen and oxygen atoms in total. The summed E-state index contributed by atoms with van der Waals surface area (Å²) in [4.78, 5) is 19.5. The first-order valence-corrected chi connectivity index (χ1v) is 9.05. The lowest BCUT2D eigenvalue weighted by atomic mass is 10.1. The number of ether oxygens (including phenoxy) is 1. The molecule has 1 unspecified atom stereocenters. The zero-order valence-corrected chi connectivity index (χ0v) is 14.7. The molecule has 2 aromatic heterocycles. The van der Waals surface area contributed by atoms with Crippen LogP contribution >= 0.6 is 11.3 Å². The number of benzene rings is 1. The van der Waals surface area contributed by atoms with Crippen LogP contribution in [0.15, 0.2) is 52.5 Å². The van der Waals surface area contributed by atoms with Crippen molar-refractivity contribution >= 4 is 17.2 Å². The van der Waals surface area contributed by atoms with Crippen molar-refractivity contribution in [2.24, 2.45) is 0 Å². The van der Waals surface area contributed by atoms with Gasteiger partial charge in [0.15, 0.2) is 0 Å². The molecule has 1 aliphatic heterocycles. The SMILES string of the molecule is Cc1occc1C(=O)N1CCOCC1c1csc(-c2ccccc2)n1. The molecule has 6 heteroatoms. The molecular weight excluding hydrogens is 336 g/mol. The molecule has 0 N–H and O–H groups in total. The van der Waals surface area contributed by atoms with Crippen LogP contribution in [0.4, 0.5) is 0 Å². The molecule has 128 valence electrons. The molecule has 1 aromatic carbocycles. The second-order valence-electron chi connectivity index (χ2n) is 5.92. The first-order chi connectivity index (χ1) is 12.2. The van der Waals surface area contributed by atoms with E-state index in [1.54, 1.807) is 30.6 Å². The van der Waals surface area contributed by atoms with E-state index in [1.165, 1.54) is 0 Å². The Kier molecular flexibility index (Phi) is 4.38. The minimum absolute atomic E-state index is 0.0335. The molecule has 25 heavy (non-hydrogen) atoms. The smallest absolute Gasteiger partial charge is 0.258 e. The van der Waals surface area contributed by atoms with Gasteiger partial charge in [0.2, 0.25) is 0 Å². The molecular formula is C19H18N2O3S. The van der Waals surface area contributed by atoms with E-state index >= 15 is 0 Å². The fraction of sp³-hybridized carbons (Fsp3) is 0.263. The quantitative estimate of drug-likeness (QED) is 0.715. The van der Waals surface area contributed by atoms with Gasteiger partial charge in [0.1, 0.15) is 10.8 Å². The summed E-state index contributed by atoms with van der Waals surface area (Å²) in [5.41, 5.74) is 2.56. The number of aromatic nitrogens is 1. The monoisotopic (exact) mass is 354 g/mol. The van der Waals surface area contributed by atoms with E-state index in [2.05, 4.69) is 0 Å². The third kappa shape index (κ3) is 3.10. The van der Waals surface area contributed by atoms with E-state index in [9.17, 15) is 4.79 Å². The van der Waals surface area contributed by atoms with Crippen LogP contribution in [0.25, 0.3) is 10.6 Å². The Morgan fingerprint density at radius 1 is 1.28 bits per heavy atom. The maximum atomic E-state index is 12.9. The number of morpholine rings is 1. The molecule has 1 aliphatic rings. The van der Waals surface area contributed by atoms with E-state index in [-0.39, 0.29) is 11.9 Å². The summed E-state index contributed by atoms with van der Waals surface area (Å²) >= 11 is 1.59. The number of thiazole rings is 1. The van der Waals surface area contributed by atoms with Gasteiger partial charge in [0.25, 0.3) is 5.91 Å². The van der Waals surface area contributed by atoms with Gasteiger partial charge in [-0.25, -0.2) is 4.98 Å². The molecule has 0 bridgehead atoms. The summed E-state index contributed by atoms with van der Waals surface area (Å²) in [6.07, 6.45) is 1.55. The highest BCUT2D eigenvalue weighted by Gasteiger charge is 2.32. The van der Waals surface area contributed by atoms with Crippen molar-refractivity contribution in [3.63, 3.8) is 0 Å². The van der Waals surface area contributed by atoms with Crippen molar-refractivity contribution < 1.29 is 13.9 Å². The van der Waals surface area contributed by atoms with Crippen molar-refractivity contribution in [2.45, 2.75) is 13.0 Å². The summed E-state index contributed by atoms with van der Waals surface area (Å²) in [5.74, 6) is 0.604. The van der Waals surface area contributed by atoms with E-state index in [0.29, 0.717) is 31.1 Å². The van der Waals surface area contributed by atoms with Gasteiger partial charge in [-0.05, 0) is 13.0 Å². The van der Waals surface area contributed by atoms with Crippen molar-refractivity contribution in [2.75, 3.05) is 19.8 Å². The lowest BCUT2D eigenvalue weighted by molar-refractivity contribution is -0.00380. The maximum Gasteiger partial charge on any atom is 0.258 e. The van der Waals surface area contributed by atoms with Gasteiger partial charge in [-0.2, -0.15) is 0 Å². The predicted molar refractivity (Wildman–Crippen MR) is 95.6 cm³/mol. The predicted octanol–water partition coefficient (Wildman–Crippen LogP) is 3.93. The van der Waals surface area contributed by atoms with Crippen molar-refractivity contribution in [1.29, 1.82) is 0 Å². The van der Waals surface area contributed by atoms with Gasteiger partial charge < -0.3 is 14.1 Å². The standard InChI is InChI=1S/C19H18N2O3S/c1-13-15(7-9-24-13)19(22)21-8-10-23-11-17(21)16-12-25-18(20-16)14-5-3-2-4-6-14/h2-7,9,12,17H,8,10-11H2,1H3. The van der Waals surface area contributed by atoms with Crippen LogP contribution in [-0.4, -0.2) is 35.5 Å². The normalized spacial score (nSPS) is 17.6. The van der Waals surface area contributed by atoms with E-state index < -0.39 is 0 Å². The molecule has 4 rings (SSSR count). The van der Waals surface area contributed by atoms with Crippen LogP contribution in [0.3, 0.4) is 0 Å². The van der Waals surface area contributed by atoms with Crippen LogP contribution in [-0.2, 0) is 4.74 Å². The first-order valence-electron chi connectivity index (χ1n) is 8.17. The highest BCUT2D eigenvalue weighted by molar-refractivity contribution is 7.13. The number of hydrogen-bond acceptors (Lipinski definition) is 5. The number of amides is 1. The fourth-order valence-corrected chi connectivity index (χ4v) is 3.88. The van der Waals surface area contributed by atoms with Crippen LogP contribution < -0.4 is 0 Å². The first kappa shape index (κ1) is 16.1. The molecule has 0 spiro atoms. The molecule has 3 aromatic rings. The van der Waals surface area contributed by atoms with Gasteiger partial charge in [-0.1, -0.05) is 30.3 Å². The summed E-state index contributed by atoms with van der Waals surface area (Å²) in [6.45, 7) is 3.35. The highest BCUT2D eigenvalue weighted by Crippen LogP contribution is 2.31. The van der Waals surface area contributed by atoms with Crippen LogP contribution in [0.1, 0.15) is 27.9 Å². The van der Waals surface area contributed by atoms with Gasteiger partial charge in [0.05, 0.1) is 36.8 Å². The Hall–Kier alpha value is -2.44. The second-order valence-corrected chi connectivity index (χ2v) is 6.78. The maximum absolute atomic E-state index is 12.9. The lowest BCUT2D eigenvalue weighted by Gasteiger charge is -2.34. The Balaban J connectivity index is 1.63. The topological polar surface area (TPSA) is 55.6 Å². The number of nitrogens with zero attached hydrogens (tertiary/aromatic N) is 2. The molecule has 1 fully saturated rings. The summed E-state index contributed by atoms with van der Waals surface area (Å²) in [5, 5.41) is 2.97. The fourth-order valence-electron chi connectivity index (χ4n) is 3.01. The summed E-state index contributed by atoms with van der Waals surface area (Å²) < 4.78 is 10.9. The highest BCUT2D eigenvalue weighted by atomic mass is 32.1. The molecule has 0 saturated carbocycles. The Bertz CT molecular complexity index is 872. The molecule has 0 aliphatic carbocycles. The molecule has 1 saturated heterocycles. The van der Waals surface area contributed by atoms with Gasteiger partial charge in [-0.3, -0.25) is 4.79 Å². The number of aryl methyl sites for hydroxylation is 1. The number of carbonyl (C=O) groups is 1. The zero-order valence-electron chi connectivity index (χ0n) is 13.8. The van der Waals surface area contributed by atoms with Crippen molar-refractivity contribution in [3.05, 3.63) is 65.1 Å². The minimum atomic E-state index is -0.177. The zero-order chi connectivity index (χ0) is 17.2. The average molecular weight is 354 g/mol. The van der Waals surface area contributed by atoms with E-state index in [0.717, 1.165) is 16.3 Å². The number of hydrogen-bond donors (Lipinski definition) is 0. The number of rotatable bonds is 3. The van der Waals surface area contributed by atoms with Gasteiger partial charge in [0, 0.05) is 17.5 Å². The van der Waals surface area contributed by atoms with Gasteiger partial charge >= 0.3 is 0 Å². The molecule has 1 atom stereocenters. The van der Waals surface area contributed by atoms with Crippen molar-refractivity contribution in [3.8, 4) is 10.6 Å². The van der Waals surface area contributed by atoms with Crippen LogP contribution in [0, 0.1) is 6.92 Å². The Labute approximate surface area is 149 Å². The lowest BCUT2D eigenvalue weighted by Crippen LogP contribution is -2.43. The average Bonchev–Trinajstić information content (AvgIpc) is 3.31. The third-order valence-electron chi connectivity index (χ3n) is 4.36. The van der Waals surface area contributed by atoms with E-state index in [4.69, 9.17) is 14.1 Å². The number of carbonyl (C=O) groups excluding carboxylic acids is 1. The second kappa shape index (κ2) is 6.82. The largest absolute Gasteiger partial charge is 0.469 e. The van der Waals surface area contributed by atoms with Crippen LogP contribution in [0.2, 0.25) is 0 Å². The van der Waals surface area contributed by atoms with Crippen LogP contribution in [0.5, 0.6) is 0 Å². The van der Waals surface area contributed by atoms with E-state index in [1.807, 2.05) is 40.6 Å². The number of furan rings is 1. The molecule has 0 radical (unpaired) electrons. The molecule has 1 amide bonds. The van der Waals surface area contributed by atoms with Gasteiger partial charge in [-0.15, -0.1) is 11.3 Å².